The number of amides is 1. The van der Waals surface area contributed by atoms with Crippen molar-refractivity contribution in [1.82, 2.24) is 24.9 Å². The van der Waals surface area contributed by atoms with Crippen molar-refractivity contribution in [3.05, 3.63) is 118 Å². The molecule has 0 spiro atoms. The Morgan fingerprint density at radius 3 is 2.65 bits per heavy atom. The van der Waals surface area contributed by atoms with E-state index in [1.165, 1.54) is 12.1 Å². The SMILES string of the molecule is C=C/C(Nc1cccn2c(C#Cc3cc(C(=O)Nc4cc(CN5CCNCC5)cc(C(C)(C)C#N)c4)c(F)cc3C)cnc12)=C(/C)NC. The fourth-order valence-corrected chi connectivity index (χ4v) is 5.50. The third kappa shape index (κ3) is 7.58. The minimum atomic E-state index is -0.776. The van der Waals surface area contributed by atoms with E-state index in [-0.39, 0.29) is 5.56 Å². The van der Waals surface area contributed by atoms with E-state index in [4.69, 9.17) is 0 Å². The van der Waals surface area contributed by atoms with Crippen molar-refractivity contribution >= 4 is 22.9 Å². The van der Waals surface area contributed by atoms with Crippen LogP contribution in [-0.2, 0) is 12.0 Å². The van der Waals surface area contributed by atoms with Crippen LogP contribution in [0.1, 0.15) is 59.1 Å². The lowest BCUT2D eigenvalue weighted by Crippen LogP contribution is -2.42. The molecule has 2 aromatic heterocycles. The highest BCUT2D eigenvalue weighted by Crippen LogP contribution is 2.28. The van der Waals surface area contributed by atoms with Gasteiger partial charge in [-0.25, -0.2) is 9.37 Å². The van der Waals surface area contributed by atoms with Crippen molar-refractivity contribution in [3.8, 4) is 17.9 Å². The average Bonchev–Trinajstić information content (AvgIpc) is 3.50. The number of rotatable bonds is 9. The Balaban J connectivity index is 1.43. The molecule has 1 aliphatic heterocycles. The molecule has 48 heavy (non-hydrogen) atoms. The molecule has 2 aromatic carbocycles. The number of aryl methyl sites for hydroxylation is 1. The number of allylic oxidation sites excluding steroid dienone is 2. The normalized spacial score (nSPS) is 13.9. The lowest BCUT2D eigenvalue weighted by Gasteiger charge is -2.28. The van der Waals surface area contributed by atoms with E-state index in [0.29, 0.717) is 34.7 Å². The predicted octanol–water partition coefficient (Wildman–Crippen LogP) is 5.69. The number of hydrogen-bond donors (Lipinski definition) is 4. The third-order valence-corrected chi connectivity index (χ3v) is 8.54. The van der Waals surface area contributed by atoms with Crippen molar-refractivity contribution in [2.45, 2.75) is 39.7 Å². The Kier molecular flexibility index (Phi) is 10.3. The molecule has 0 bridgehead atoms. The molecule has 1 amide bonds. The summed E-state index contributed by atoms with van der Waals surface area (Å²) >= 11 is 0. The molecule has 0 atom stereocenters. The molecule has 1 fully saturated rings. The number of carbonyl (C=O) groups is 1. The van der Waals surface area contributed by atoms with E-state index in [1.807, 2.05) is 62.7 Å². The number of nitrogens with one attached hydrogen (secondary N) is 4. The van der Waals surface area contributed by atoms with Gasteiger partial charge in [-0.15, -0.1) is 0 Å². The van der Waals surface area contributed by atoms with Crippen LogP contribution in [0.25, 0.3) is 5.65 Å². The second kappa shape index (κ2) is 14.6. The minimum absolute atomic E-state index is 0.119. The quantitative estimate of drug-likeness (QED) is 0.137. The second-order valence-corrected chi connectivity index (χ2v) is 12.4. The Morgan fingerprint density at radius 2 is 1.94 bits per heavy atom. The Hall–Kier alpha value is -5.42. The number of fused-ring (bicyclic) bond motifs is 1. The number of imidazole rings is 1. The van der Waals surface area contributed by atoms with Gasteiger partial charge in [0.2, 0.25) is 0 Å². The van der Waals surface area contributed by atoms with Crippen LogP contribution >= 0.6 is 0 Å². The molecular weight excluding hydrogens is 603 g/mol. The topological polar surface area (TPSA) is 110 Å². The highest BCUT2D eigenvalue weighted by molar-refractivity contribution is 6.05. The highest BCUT2D eigenvalue weighted by Gasteiger charge is 2.23. The van der Waals surface area contributed by atoms with Crippen LogP contribution in [0.2, 0.25) is 0 Å². The Bertz CT molecular complexity index is 2000. The summed E-state index contributed by atoms with van der Waals surface area (Å²) in [6.07, 6.45) is 5.28. The van der Waals surface area contributed by atoms with Crippen molar-refractivity contribution in [2.24, 2.45) is 0 Å². The molecule has 3 heterocycles. The average molecular weight is 645 g/mol. The highest BCUT2D eigenvalue weighted by atomic mass is 19.1. The monoisotopic (exact) mass is 644 g/mol. The number of pyridine rings is 1. The fraction of sp³-hybridized carbons (Fsp3) is 0.289. The van der Waals surface area contributed by atoms with Gasteiger partial charge in [0, 0.05) is 62.9 Å². The van der Waals surface area contributed by atoms with Gasteiger partial charge in [-0.2, -0.15) is 5.26 Å². The zero-order chi connectivity index (χ0) is 34.4. The summed E-state index contributed by atoms with van der Waals surface area (Å²) in [7, 11) is 1.84. The second-order valence-electron chi connectivity index (χ2n) is 12.4. The van der Waals surface area contributed by atoms with Crippen LogP contribution in [0.5, 0.6) is 0 Å². The first kappa shape index (κ1) is 33.9. The summed E-state index contributed by atoms with van der Waals surface area (Å²) in [5.74, 6) is 5.04. The number of piperazine rings is 1. The van der Waals surface area contributed by atoms with Gasteiger partial charge in [0.1, 0.15) is 11.5 Å². The molecule has 4 N–H and O–H groups in total. The van der Waals surface area contributed by atoms with Gasteiger partial charge in [-0.05, 0) is 92.8 Å². The molecule has 0 radical (unpaired) electrons. The Morgan fingerprint density at radius 1 is 1.17 bits per heavy atom. The summed E-state index contributed by atoms with van der Waals surface area (Å²) in [6.45, 7) is 15.6. The predicted molar refractivity (Wildman–Crippen MR) is 189 cm³/mol. The molecule has 1 aliphatic rings. The maximum Gasteiger partial charge on any atom is 0.258 e. The van der Waals surface area contributed by atoms with Crippen LogP contribution in [-0.4, -0.2) is 53.4 Å². The molecular formula is C38H41FN8O. The summed E-state index contributed by atoms with van der Waals surface area (Å²) < 4.78 is 17.1. The first-order chi connectivity index (χ1) is 23.0. The number of nitriles is 1. The fourth-order valence-electron chi connectivity index (χ4n) is 5.50. The third-order valence-electron chi connectivity index (χ3n) is 8.54. The number of aromatic nitrogens is 2. The maximum absolute atomic E-state index is 15.3. The van der Waals surface area contributed by atoms with Crippen molar-refractivity contribution < 1.29 is 9.18 Å². The van der Waals surface area contributed by atoms with Gasteiger partial charge >= 0.3 is 0 Å². The zero-order valence-electron chi connectivity index (χ0n) is 28.1. The van der Waals surface area contributed by atoms with E-state index in [1.54, 1.807) is 25.3 Å². The molecule has 0 saturated carbocycles. The molecule has 1 saturated heterocycles. The van der Waals surface area contributed by atoms with Crippen LogP contribution < -0.4 is 21.3 Å². The van der Waals surface area contributed by atoms with Crippen molar-refractivity contribution in [3.63, 3.8) is 0 Å². The van der Waals surface area contributed by atoms with Gasteiger partial charge in [0.15, 0.2) is 5.65 Å². The molecule has 0 aliphatic carbocycles. The molecule has 10 heteroatoms. The lowest BCUT2D eigenvalue weighted by molar-refractivity contribution is 0.102. The van der Waals surface area contributed by atoms with Crippen molar-refractivity contribution in [1.29, 1.82) is 5.26 Å². The van der Waals surface area contributed by atoms with Gasteiger partial charge in [0.05, 0.1) is 34.6 Å². The first-order valence-corrected chi connectivity index (χ1v) is 15.9. The standard InChI is InChI=1S/C38H41FN8O/c1-7-34(26(3)41-6)45-35-9-8-14-47-31(22-43-36(35)47)11-10-28-20-32(33(39)17-25(28)2)37(48)44-30-19-27(23-46-15-12-42-13-16-46)18-29(21-30)38(4,5)24-40/h7-9,14,17-22,41-42,45H,1,12-13,15-16,23H2,2-6H3,(H,44,48)/b34-26+. The van der Waals surface area contributed by atoms with Gasteiger partial charge in [-0.3, -0.25) is 14.1 Å². The van der Waals surface area contributed by atoms with Gasteiger partial charge in [0.25, 0.3) is 5.91 Å². The van der Waals surface area contributed by atoms with Gasteiger partial charge < -0.3 is 21.3 Å². The molecule has 4 aromatic rings. The molecule has 5 rings (SSSR count). The lowest BCUT2D eigenvalue weighted by atomic mass is 9.85. The van der Waals surface area contributed by atoms with Gasteiger partial charge in [-0.1, -0.05) is 18.6 Å². The Labute approximate surface area is 281 Å². The van der Waals surface area contributed by atoms with E-state index >= 15 is 4.39 Å². The summed E-state index contributed by atoms with van der Waals surface area (Å²) in [6, 6.07) is 14.7. The number of hydrogen-bond acceptors (Lipinski definition) is 7. The van der Waals surface area contributed by atoms with Crippen LogP contribution in [0.3, 0.4) is 0 Å². The summed E-state index contributed by atoms with van der Waals surface area (Å²) in [5, 5.41) is 22.6. The van der Waals surface area contributed by atoms with E-state index in [2.05, 4.69) is 55.6 Å². The summed E-state index contributed by atoms with van der Waals surface area (Å²) in [4.78, 5) is 20.4. The van der Waals surface area contributed by atoms with Crippen LogP contribution in [0.15, 0.2) is 78.9 Å². The smallest absolute Gasteiger partial charge is 0.258 e. The number of nitrogens with zero attached hydrogens (tertiary/aromatic N) is 4. The van der Waals surface area contributed by atoms with Crippen LogP contribution in [0, 0.1) is 35.9 Å². The molecule has 246 valence electrons. The maximum atomic E-state index is 15.3. The van der Waals surface area contributed by atoms with E-state index in [9.17, 15) is 10.1 Å². The largest absolute Gasteiger partial charge is 0.390 e. The first-order valence-electron chi connectivity index (χ1n) is 15.9. The number of carbonyl (C=O) groups excluding carboxylic acids is 1. The molecule has 0 unspecified atom stereocenters. The minimum Gasteiger partial charge on any atom is -0.390 e. The number of halogens is 1. The van der Waals surface area contributed by atoms with Crippen molar-refractivity contribution in [2.75, 3.05) is 43.9 Å². The summed E-state index contributed by atoms with van der Waals surface area (Å²) in [5.41, 5.74) is 6.34. The number of anilines is 2. The van der Waals surface area contributed by atoms with E-state index in [0.717, 1.165) is 54.4 Å². The van der Waals surface area contributed by atoms with Crippen LogP contribution in [0.4, 0.5) is 15.8 Å². The number of benzene rings is 2. The zero-order valence-corrected chi connectivity index (χ0v) is 28.1. The molecule has 9 nitrogen and oxygen atoms in total. The van der Waals surface area contributed by atoms with E-state index < -0.39 is 17.1 Å².